The van der Waals surface area contributed by atoms with Crippen LogP contribution in [-0.2, 0) is 20.7 Å². The summed E-state index contributed by atoms with van der Waals surface area (Å²) in [5, 5.41) is 14.9. The summed E-state index contributed by atoms with van der Waals surface area (Å²) >= 11 is 6.21. The van der Waals surface area contributed by atoms with Crippen molar-refractivity contribution >= 4 is 41.1 Å². The standard InChI is InChI=1S/C40H41ClN4O8/c1-39(2)37(40(3,4)38(39)53-27-12-11-25(22-42)30(41)21-27)44-33(47)24-9-7-23(8-10-24)6-5-17-51-18-19-52-26-13-14-28-29(20-26)36(50)45(35(28)49)31-15-16-32(46)43-34(31)48/h7-14,20-21,31,37-38H,5-6,15-19H2,1-4H3,(H,44,47)(H,43,46,48)/t31?,37-,38-. The first kappa shape index (κ1) is 37.5. The first-order valence-corrected chi connectivity index (χ1v) is 17.9. The lowest BCUT2D eigenvalue weighted by molar-refractivity contribution is -0.164. The zero-order valence-corrected chi connectivity index (χ0v) is 30.7. The zero-order chi connectivity index (χ0) is 38.1. The van der Waals surface area contributed by atoms with Crippen LogP contribution in [0.3, 0.4) is 0 Å². The van der Waals surface area contributed by atoms with Gasteiger partial charge < -0.3 is 19.5 Å². The third kappa shape index (κ3) is 7.50. The molecule has 6 rings (SSSR count). The summed E-state index contributed by atoms with van der Waals surface area (Å²) < 4.78 is 17.8. The summed E-state index contributed by atoms with van der Waals surface area (Å²) in [4.78, 5) is 63.9. The molecule has 3 aromatic rings. The van der Waals surface area contributed by atoms with Crippen molar-refractivity contribution in [3.05, 3.63) is 93.5 Å². The molecule has 13 heteroatoms. The molecule has 0 aromatic heterocycles. The molecule has 2 fully saturated rings. The smallest absolute Gasteiger partial charge is 0.262 e. The third-order valence-electron chi connectivity index (χ3n) is 10.3. The van der Waals surface area contributed by atoms with Crippen LogP contribution in [0.5, 0.6) is 11.5 Å². The number of nitrogens with one attached hydrogen (secondary N) is 2. The van der Waals surface area contributed by atoms with Crippen LogP contribution in [0.25, 0.3) is 0 Å². The number of aryl methyl sites for hydroxylation is 1. The van der Waals surface area contributed by atoms with Crippen molar-refractivity contribution in [1.29, 1.82) is 5.26 Å². The van der Waals surface area contributed by atoms with Gasteiger partial charge in [0.25, 0.3) is 17.7 Å². The van der Waals surface area contributed by atoms with E-state index >= 15 is 0 Å². The molecule has 2 aliphatic heterocycles. The maximum Gasteiger partial charge on any atom is 0.262 e. The van der Waals surface area contributed by atoms with Crippen LogP contribution in [0.15, 0.2) is 60.7 Å². The van der Waals surface area contributed by atoms with Crippen molar-refractivity contribution in [2.45, 2.75) is 71.6 Å². The molecule has 2 N–H and O–H groups in total. The number of hydrogen-bond acceptors (Lipinski definition) is 9. The summed E-state index contributed by atoms with van der Waals surface area (Å²) in [6, 6.07) is 18.0. The molecule has 0 spiro atoms. The summed E-state index contributed by atoms with van der Waals surface area (Å²) in [6.45, 7) is 9.29. The molecule has 1 unspecified atom stereocenters. The molecule has 1 atom stereocenters. The molecule has 53 heavy (non-hydrogen) atoms. The lowest BCUT2D eigenvalue weighted by Crippen LogP contribution is -2.74. The molecule has 5 amide bonds. The van der Waals surface area contributed by atoms with Gasteiger partial charge in [-0.1, -0.05) is 51.4 Å². The monoisotopic (exact) mass is 740 g/mol. The van der Waals surface area contributed by atoms with Crippen LogP contribution >= 0.6 is 11.6 Å². The number of piperidine rings is 1. The SMILES string of the molecule is CC1(C)[C@H](NC(=O)c2ccc(CCCOCCOc3ccc4c(c3)C(=O)N(C3CCC(=O)NC3=O)C4=O)cc2)C(C)(C)[C@H]1Oc1ccc(C#N)c(Cl)c1. The van der Waals surface area contributed by atoms with Crippen LogP contribution in [-0.4, -0.2) is 72.4 Å². The normalized spacial score (nSPS) is 21.3. The minimum atomic E-state index is -1.02. The molecule has 3 aromatic carbocycles. The predicted octanol–water partition coefficient (Wildman–Crippen LogP) is 5.25. The summed E-state index contributed by atoms with van der Waals surface area (Å²) in [5.41, 5.74) is 1.63. The molecule has 1 saturated heterocycles. The third-order valence-corrected chi connectivity index (χ3v) is 10.6. The molecular formula is C40H41ClN4O8. The Morgan fingerprint density at radius 2 is 1.62 bits per heavy atom. The zero-order valence-electron chi connectivity index (χ0n) is 30.0. The summed E-state index contributed by atoms with van der Waals surface area (Å²) in [7, 11) is 0. The van der Waals surface area contributed by atoms with Gasteiger partial charge in [0.2, 0.25) is 11.8 Å². The van der Waals surface area contributed by atoms with Crippen LogP contribution < -0.4 is 20.1 Å². The maximum absolute atomic E-state index is 13.3. The van der Waals surface area contributed by atoms with Gasteiger partial charge in [-0.15, -0.1) is 0 Å². The number of fused-ring (bicyclic) bond motifs is 1. The lowest BCUT2D eigenvalue weighted by Gasteiger charge is -2.63. The highest BCUT2D eigenvalue weighted by atomic mass is 35.5. The number of carbonyl (C=O) groups excluding carboxylic acids is 5. The highest BCUT2D eigenvalue weighted by molar-refractivity contribution is 6.31. The van der Waals surface area contributed by atoms with Crippen LogP contribution in [0, 0.1) is 22.2 Å². The number of halogens is 1. The van der Waals surface area contributed by atoms with Gasteiger partial charge in [-0.25, -0.2) is 0 Å². The van der Waals surface area contributed by atoms with Crippen molar-refractivity contribution in [2.24, 2.45) is 10.8 Å². The van der Waals surface area contributed by atoms with E-state index in [1.807, 2.05) is 24.3 Å². The molecule has 276 valence electrons. The fourth-order valence-electron chi connectivity index (χ4n) is 7.87. The number of ether oxygens (including phenoxy) is 3. The first-order chi connectivity index (χ1) is 25.2. The minimum absolute atomic E-state index is 0.0559. The fourth-order valence-corrected chi connectivity index (χ4v) is 8.08. The molecular weight excluding hydrogens is 700 g/mol. The average Bonchev–Trinajstić information content (AvgIpc) is 3.37. The van der Waals surface area contributed by atoms with Crippen LogP contribution in [0.2, 0.25) is 5.02 Å². The van der Waals surface area contributed by atoms with Gasteiger partial charge in [-0.3, -0.25) is 34.2 Å². The Kier molecular flexibility index (Phi) is 10.6. The number of carbonyl (C=O) groups is 5. The molecule has 1 saturated carbocycles. The Morgan fingerprint density at radius 1 is 0.925 bits per heavy atom. The van der Waals surface area contributed by atoms with Crippen molar-refractivity contribution in [3.63, 3.8) is 0 Å². The van der Waals surface area contributed by atoms with Crippen molar-refractivity contribution in [1.82, 2.24) is 15.5 Å². The molecule has 2 heterocycles. The predicted molar refractivity (Wildman–Crippen MR) is 194 cm³/mol. The maximum atomic E-state index is 13.3. The molecule has 0 radical (unpaired) electrons. The molecule has 3 aliphatic rings. The van der Waals surface area contributed by atoms with Crippen LogP contribution in [0.1, 0.15) is 89.2 Å². The first-order valence-electron chi connectivity index (χ1n) is 17.5. The molecule has 1 aliphatic carbocycles. The van der Waals surface area contributed by atoms with Crippen LogP contribution in [0.4, 0.5) is 0 Å². The van der Waals surface area contributed by atoms with E-state index in [1.165, 1.54) is 12.1 Å². The number of amides is 5. The Balaban J connectivity index is 0.911. The molecule has 0 bridgehead atoms. The van der Waals surface area contributed by atoms with E-state index in [-0.39, 0.29) is 59.5 Å². The number of rotatable bonds is 13. The van der Waals surface area contributed by atoms with Crippen molar-refractivity contribution in [3.8, 4) is 17.6 Å². The van der Waals surface area contributed by atoms with Crippen molar-refractivity contribution in [2.75, 3.05) is 19.8 Å². The second-order valence-electron chi connectivity index (χ2n) is 14.7. The summed E-state index contributed by atoms with van der Waals surface area (Å²) in [6.07, 6.45) is 1.47. The topological polar surface area (TPSA) is 164 Å². The van der Waals surface area contributed by atoms with E-state index in [2.05, 4.69) is 44.4 Å². The van der Waals surface area contributed by atoms with E-state index in [9.17, 15) is 24.0 Å². The van der Waals surface area contributed by atoms with E-state index in [1.54, 1.807) is 24.3 Å². The number of benzene rings is 3. The number of hydrogen-bond donors (Lipinski definition) is 2. The van der Waals surface area contributed by atoms with Gasteiger partial charge in [0, 0.05) is 41.5 Å². The molecule has 12 nitrogen and oxygen atoms in total. The van der Waals surface area contributed by atoms with E-state index in [4.69, 9.17) is 31.1 Å². The second kappa shape index (κ2) is 15.0. The van der Waals surface area contributed by atoms with E-state index < -0.39 is 29.7 Å². The van der Waals surface area contributed by atoms with Gasteiger partial charge in [0.15, 0.2) is 0 Å². The number of nitrogens with zero attached hydrogens (tertiary/aromatic N) is 2. The highest BCUT2D eigenvalue weighted by Crippen LogP contribution is 2.55. The fraction of sp³-hybridized carbons (Fsp3) is 0.400. The van der Waals surface area contributed by atoms with Gasteiger partial charge in [-0.05, 0) is 67.3 Å². The Bertz CT molecular complexity index is 1990. The largest absolute Gasteiger partial charge is 0.491 e. The lowest BCUT2D eigenvalue weighted by atomic mass is 9.49. The average molecular weight is 741 g/mol. The van der Waals surface area contributed by atoms with Gasteiger partial charge >= 0.3 is 0 Å². The Hall–Kier alpha value is -5.25. The summed E-state index contributed by atoms with van der Waals surface area (Å²) in [5.74, 6) is -1.42. The highest BCUT2D eigenvalue weighted by Gasteiger charge is 2.64. The minimum Gasteiger partial charge on any atom is -0.491 e. The number of imide groups is 2. The second-order valence-corrected chi connectivity index (χ2v) is 15.1. The Labute approximate surface area is 312 Å². The van der Waals surface area contributed by atoms with Gasteiger partial charge in [0.1, 0.15) is 36.3 Å². The number of nitriles is 1. The Morgan fingerprint density at radius 3 is 2.30 bits per heavy atom. The quantitative estimate of drug-likeness (QED) is 0.176. The van der Waals surface area contributed by atoms with E-state index in [0.717, 1.165) is 23.3 Å². The van der Waals surface area contributed by atoms with E-state index in [0.29, 0.717) is 40.9 Å². The van der Waals surface area contributed by atoms with Crippen molar-refractivity contribution < 1.29 is 38.2 Å². The van der Waals surface area contributed by atoms with Gasteiger partial charge in [-0.2, -0.15) is 5.26 Å². The van der Waals surface area contributed by atoms with Gasteiger partial charge in [0.05, 0.1) is 28.3 Å².